The highest BCUT2D eigenvalue weighted by Gasteiger charge is 2.03. The predicted molar refractivity (Wildman–Crippen MR) is 76.4 cm³/mol. The minimum Gasteiger partial charge on any atom is -0.455 e. The Morgan fingerprint density at radius 2 is 2.00 bits per heavy atom. The lowest BCUT2D eigenvalue weighted by molar-refractivity contribution is -0.114. The minimum atomic E-state index is -0.119. The summed E-state index contributed by atoms with van der Waals surface area (Å²) < 4.78 is 5.71. The molecule has 0 aliphatic carbocycles. The zero-order chi connectivity index (χ0) is 13.8. The summed E-state index contributed by atoms with van der Waals surface area (Å²) in [6.45, 7) is 3.43. The highest BCUT2D eigenvalue weighted by molar-refractivity contribution is 5.88. The van der Waals surface area contributed by atoms with Crippen LogP contribution in [-0.4, -0.2) is 5.91 Å². The number of nitrogen functional groups attached to an aromatic ring is 1. The molecule has 0 spiro atoms. The van der Waals surface area contributed by atoms with E-state index in [1.54, 1.807) is 12.1 Å². The van der Waals surface area contributed by atoms with Gasteiger partial charge in [0, 0.05) is 18.7 Å². The Kier molecular flexibility index (Phi) is 3.71. The summed E-state index contributed by atoms with van der Waals surface area (Å²) in [5, 5.41) is 2.70. The van der Waals surface area contributed by atoms with Crippen LogP contribution < -0.4 is 15.8 Å². The molecule has 19 heavy (non-hydrogen) atoms. The van der Waals surface area contributed by atoms with Gasteiger partial charge in [-0.15, -0.1) is 0 Å². The van der Waals surface area contributed by atoms with Crippen molar-refractivity contribution in [3.05, 3.63) is 48.0 Å². The summed E-state index contributed by atoms with van der Waals surface area (Å²) in [6.07, 6.45) is 0. The second-order valence-electron chi connectivity index (χ2n) is 4.35. The van der Waals surface area contributed by atoms with Gasteiger partial charge in [-0.1, -0.05) is 12.1 Å². The third kappa shape index (κ3) is 3.48. The van der Waals surface area contributed by atoms with Gasteiger partial charge in [-0.05, 0) is 36.8 Å². The first-order valence-electron chi connectivity index (χ1n) is 5.96. The van der Waals surface area contributed by atoms with E-state index in [4.69, 9.17) is 10.5 Å². The highest BCUT2D eigenvalue weighted by atomic mass is 16.5. The van der Waals surface area contributed by atoms with E-state index in [9.17, 15) is 4.79 Å². The van der Waals surface area contributed by atoms with Crippen LogP contribution in [0.25, 0.3) is 0 Å². The van der Waals surface area contributed by atoms with Gasteiger partial charge in [0.1, 0.15) is 11.5 Å². The van der Waals surface area contributed by atoms with Gasteiger partial charge in [0.2, 0.25) is 5.91 Å². The van der Waals surface area contributed by atoms with E-state index in [0.717, 1.165) is 5.56 Å². The number of carbonyl (C=O) groups excluding carboxylic acids is 1. The van der Waals surface area contributed by atoms with Gasteiger partial charge < -0.3 is 15.8 Å². The number of anilines is 2. The molecular formula is C15H16N2O2. The van der Waals surface area contributed by atoms with Crippen LogP contribution in [0.5, 0.6) is 11.5 Å². The molecule has 4 nitrogen and oxygen atoms in total. The molecule has 3 N–H and O–H groups in total. The second kappa shape index (κ2) is 5.44. The largest absolute Gasteiger partial charge is 0.455 e. The van der Waals surface area contributed by atoms with Crippen LogP contribution in [-0.2, 0) is 4.79 Å². The van der Waals surface area contributed by atoms with Crippen molar-refractivity contribution >= 4 is 17.3 Å². The number of benzene rings is 2. The summed E-state index contributed by atoms with van der Waals surface area (Å²) in [7, 11) is 0. The van der Waals surface area contributed by atoms with Gasteiger partial charge in [0.15, 0.2) is 0 Å². The van der Waals surface area contributed by atoms with E-state index < -0.39 is 0 Å². The van der Waals surface area contributed by atoms with E-state index in [2.05, 4.69) is 5.32 Å². The Balaban J connectivity index is 2.21. The van der Waals surface area contributed by atoms with Crippen LogP contribution in [0.2, 0.25) is 0 Å². The molecule has 0 bridgehead atoms. The molecule has 0 aliphatic rings. The minimum absolute atomic E-state index is 0.119. The van der Waals surface area contributed by atoms with Crippen molar-refractivity contribution in [2.24, 2.45) is 0 Å². The number of carbonyl (C=O) groups is 1. The fourth-order valence-corrected chi connectivity index (χ4v) is 1.73. The Labute approximate surface area is 112 Å². The predicted octanol–water partition coefficient (Wildman–Crippen LogP) is 3.33. The van der Waals surface area contributed by atoms with Gasteiger partial charge in [-0.2, -0.15) is 0 Å². The third-order valence-corrected chi connectivity index (χ3v) is 2.55. The zero-order valence-corrected chi connectivity index (χ0v) is 10.9. The maximum absolute atomic E-state index is 11.0. The van der Waals surface area contributed by atoms with Crippen molar-refractivity contribution < 1.29 is 9.53 Å². The van der Waals surface area contributed by atoms with Crippen molar-refractivity contribution in [1.29, 1.82) is 0 Å². The van der Waals surface area contributed by atoms with Gasteiger partial charge in [0.05, 0.1) is 5.69 Å². The first-order valence-corrected chi connectivity index (χ1v) is 5.96. The number of hydrogen-bond donors (Lipinski definition) is 2. The van der Waals surface area contributed by atoms with Gasteiger partial charge in [-0.3, -0.25) is 4.79 Å². The normalized spacial score (nSPS) is 10.0. The monoisotopic (exact) mass is 256 g/mol. The van der Waals surface area contributed by atoms with Crippen LogP contribution in [0.15, 0.2) is 42.5 Å². The zero-order valence-electron chi connectivity index (χ0n) is 10.9. The van der Waals surface area contributed by atoms with Crippen molar-refractivity contribution in [3.63, 3.8) is 0 Å². The molecule has 0 atom stereocenters. The van der Waals surface area contributed by atoms with Gasteiger partial charge >= 0.3 is 0 Å². The Morgan fingerprint density at radius 1 is 1.21 bits per heavy atom. The number of rotatable bonds is 3. The van der Waals surface area contributed by atoms with E-state index in [0.29, 0.717) is 22.9 Å². The van der Waals surface area contributed by atoms with Crippen molar-refractivity contribution in [3.8, 4) is 11.5 Å². The second-order valence-corrected chi connectivity index (χ2v) is 4.35. The van der Waals surface area contributed by atoms with Crippen LogP contribution in [0.1, 0.15) is 12.5 Å². The molecular weight excluding hydrogens is 240 g/mol. The first kappa shape index (κ1) is 13.0. The molecule has 0 saturated heterocycles. The molecule has 0 aliphatic heterocycles. The maximum Gasteiger partial charge on any atom is 0.221 e. The topological polar surface area (TPSA) is 64.3 Å². The Hall–Kier alpha value is -2.49. The molecule has 1 amide bonds. The fourth-order valence-electron chi connectivity index (χ4n) is 1.73. The molecule has 0 unspecified atom stereocenters. The lowest BCUT2D eigenvalue weighted by atomic mass is 10.2. The maximum atomic E-state index is 11.0. The smallest absolute Gasteiger partial charge is 0.221 e. The third-order valence-electron chi connectivity index (χ3n) is 2.55. The molecule has 0 radical (unpaired) electrons. The van der Waals surface area contributed by atoms with E-state index >= 15 is 0 Å². The molecule has 0 fully saturated rings. The Bertz CT molecular complexity index is 609. The fraction of sp³-hybridized carbons (Fsp3) is 0.133. The van der Waals surface area contributed by atoms with Gasteiger partial charge in [0.25, 0.3) is 0 Å². The highest BCUT2D eigenvalue weighted by Crippen LogP contribution is 2.29. The number of amides is 1. The summed E-state index contributed by atoms with van der Waals surface area (Å²) in [6, 6.07) is 12.8. The molecule has 2 aromatic rings. The van der Waals surface area contributed by atoms with Crippen LogP contribution >= 0.6 is 0 Å². The summed E-state index contributed by atoms with van der Waals surface area (Å²) >= 11 is 0. The van der Waals surface area contributed by atoms with E-state index in [1.807, 2.05) is 37.3 Å². The quantitative estimate of drug-likeness (QED) is 0.828. The summed E-state index contributed by atoms with van der Waals surface area (Å²) in [5.74, 6) is 1.11. The molecule has 0 saturated carbocycles. The standard InChI is InChI=1S/C15H16N2O2/c1-10-6-7-15(14(16)8-10)19-13-5-3-4-12(9-13)17-11(2)18/h3-9H,16H2,1-2H3,(H,17,18). The van der Waals surface area contributed by atoms with Gasteiger partial charge in [-0.25, -0.2) is 0 Å². The average molecular weight is 256 g/mol. The summed E-state index contributed by atoms with van der Waals surface area (Å²) in [5.41, 5.74) is 8.25. The molecule has 0 heterocycles. The SMILES string of the molecule is CC(=O)Nc1cccc(Oc2ccc(C)cc2N)c1. The molecule has 98 valence electrons. The number of nitrogens with two attached hydrogens (primary N) is 1. The lowest BCUT2D eigenvalue weighted by Gasteiger charge is -2.10. The number of ether oxygens (including phenoxy) is 1. The number of nitrogens with one attached hydrogen (secondary N) is 1. The molecule has 0 aromatic heterocycles. The first-order chi connectivity index (χ1) is 9.04. The Morgan fingerprint density at radius 3 is 2.68 bits per heavy atom. The van der Waals surface area contributed by atoms with Crippen LogP contribution in [0.4, 0.5) is 11.4 Å². The average Bonchev–Trinajstić information content (AvgIpc) is 2.32. The lowest BCUT2D eigenvalue weighted by Crippen LogP contribution is -2.05. The van der Waals surface area contributed by atoms with Crippen LogP contribution in [0, 0.1) is 6.92 Å². The van der Waals surface area contributed by atoms with Crippen LogP contribution in [0.3, 0.4) is 0 Å². The molecule has 4 heteroatoms. The van der Waals surface area contributed by atoms with E-state index in [1.165, 1.54) is 6.92 Å². The van der Waals surface area contributed by atoms with Crippen molar-refractivity contribution in [2.45, 2.75) is 13.8 Å². The molecule has 2 rings (SSSR count). The number of aryl methyl sites for hydroxylation is 1. The number of hydrogen-bond acceptors (Lipinski definition) is 3. The summed E-state index contributed by atoms with van der Waals surface area (Å²) in [4.78, 5) is 11.0. The van der Waals surface area contributed by atoms with Crippen molar-refractivity contribution in [2.75, 3.05) is 11.1 Å². The molecule has 2 aromatic carbocycles. The van der Waals surface area contributed by atoms with E-state index in [-0.39, 0.29) is 5.91 Å². The van der Waals surface area contributed by atoms with Crippen molar-refractivity contribution in [1.82, 2.24) is 0 Å².